The Hall–Kier alpha value is -2.73. The van der Waals surface area contributed by atoms with Crippen LogP contribution in [0.15, 0.2) is 60.7 Å². The number of carbonyl (C=O) groups excluding carboxylic acids is 1. The molecular weight excluding hydrogens is 238 g/mol. The van der Waals surface area contributed by atoms with Gasteiger partial charge in [-0.2, -0.15) is 0 Å². The molecule has 3 nitrogen and oxygen atoms in total. The van der Waals surface area contributed by atoms with Crippen LogP contribution in [0.2, 0.25) is 0 Å². The van der Waals surface area contributed by atoms with E-state index in [1.165, 1.54) is 7.11 Å². The second-order valence-corrected chi connectivity index (χ2v) is 3.73. The Morgan fingerprint density at radius 2 is 1.42 bits per heavy atom. The largest absolute Gasteiger partial charge is 0.459 e. The first kappa shape index (κ1) is 12.7. The zero-order chi connectivity index (χ0) is 13.5. The Bertz CT molecular complexity index is 557. The molecule has 0 heterocycles. The van der Waals surface area contributed by atoms with Crippen molar-refractivity contribution in [2.75, 3.05) is 12.0 Å². The molecule has 0 aliphatic rings. The van der Waals surface area contributed by atoms with Crippen LogP contribution in [0.1, 0.15) is 0 Å². The van der Waals surface area contributed by atoms with Crippen molar-refractivity contribution in [3.8, 4) is 12.0 Å². The zero-order valence-corrected chi connectivity index (χ0v) is 10.5. The van der Waals surface area contributed by atoms with E-state index in [0.717, 1.165) is 11.4 Å². The monoisotopic (exact) mass is 251 g/mol. The Morgan fingerprint density at radius 3 is 1.84 bits per heavy atom. The van der Waals surface area contributed by atoms with Gasteiger partial charge in [0.15, 0.2) is 0 Å². The maximum atomic E-state index is 11.2. The molecule has 0 spiro atoms. The Labute approximate surface area is 112 Å². The van der Waals surface area contributed by atoms with Crippen molar-refractivity contribution < 1.29 is 9.53 Å². The third-order valence-electron chi connectivity index (χ3n) is 2.48. The normalized spacial score (nSPS) is 9.11. The minimum atomic E-state index is -0.558. The molecule has 2 rings (SSSR count). The Balaban J connectivity index is 2.39. The molecule has 0 fully saturated rings. The van der Waals surface area contributed by atoms with Crippen molar-refractivity contribution in [1.82, 2.24) is 0 Å². The second kappa shape index (κ2) is 6.27. The van der Waals surface area contributed by atoms with Gasteiger partial charge < -0.3 is 4.74 Å². The molecule has 94 valence electrons. The van der Waals surface area contributed by atoms with Gasteiger partial charge in [0.2, 0.25) is 0 Å². The number of ether oxygens (including phenoxy) is 1. The van der Waals surface area contributed by atoms with Crippen molar-refractivity contribution in [2.45, 2.75) is 0 Å². The summed E-state index contributed by atoms with van der Waals surface area (Å²) in [6.07, 6.45) is 0. The summed E-state index contributed by atoms with van der Waals surface area (Å²) in [5.41, 5.74) is 1.79. The van der Waals surface area contributed by atoms with E-state index in [2.05, 4.69) is 16.7 Å². The maximum Gasteiger partial charge on any atom is 0.385 e. The van der Waals surface area contributed by atoms with Crippen molar-refractivity contribution in [1.29, 1.82) is 0 Å². The number of carbonyl (C=O) groups is 1. The number of nitrogens with zero attached hydrogens (tertiary/aromatic N) is 1. The number of methoxy groups -OCH3 is 1. The number of rotatable bonds is 2. The standard InChI is InChI=1S/C16H13NO2/c1-19-16(18)12-13-17(14-8-4-2-5-9-14)15-10-6-3-7-11-15/h2-11H,1H3. The molecule has 0 aliphatic heterocycles. The average Bonchev–Trinajstić information content (AvgIpc) is 2.49. The molecule has 3 heteroatoms. The van der Waals surface area contributed by atoms with E-state index in [1.54, 1.807) is 4.90 Å². The molecule has 0 bridgehead atoms. The Kier molecular flexibility index (Phi) is 4.20. The summed E-state index contributed by atoms with van der Waals surface area (Å²) in [7, 11) is 1.31. The minimum Gasteiger partial charge on any atom is -0.459 e. The van der Waals surface area contributed by atoms with Gasteiger partial charge in [0, 0.05) is 12.0 Å². The third kappa shape index (κ3) is 3.36. The smallest absolute Gasteiger partial charge is 0.385 e. The molecule has 0 saturated carbocycles. The first-order valence-corrected chi connectivity index (χ1v) is 5.81. The highest BCUT2D eigenvalue weighted by Gasteiger charge is 2.05. The van der Waals surface area contributed by atoms with Gasteiger partial charge in [-0.3, -0.25) is 4.90 Å². The molecule has 0 atom stereocenters. The van der Waals surface area contributed by atoms with Crippen molar-refractivity contribution in [3.05, 3.63) is 60.7 Å². The molecule has 2 aromatic carbocycles. The van der Waals surface area contributed by atoms with Crippen molar-refractivity contribution in [3.63, 3.8) is 0 Å². The fraction of sp³-hybridized carbons (Fsp3) is 0.0625. The van der Waals surface area contributed by atoms with Crippen molar-refractivity contribution in [2.24, 2.45) is 0 Å². The van der Waals surface area contributed by atoms with E-state index in [4.69, 9.17) is 0 Å². The van der Waals surface area contributed by atoms with Crippen LogP contribution in [-0.4, -0.2) is 13.1 Å². The van der Waals surface area contributed by atoms with E-state index < -0.39 is 5.97 Å². The van der Waals surface area contributed by atoms with Gasteiger partial charge in [-0.1, -0.05) is 36.4 Å². The maximum absolute atomic E-state index is 11.2. The molecule has 0 unspecified atom stereocenters. The predicted molar refractivity (Wildman–Crippen MR) is 74.8 cm³/mol. The average molecular weight is 251 g/mol. The third-order valence-corrected chi connectivity index (χ3v) is 2.48. The van der Waals surface area contributed by atoms with E-state index >= 15 is 0 Å². The highest BCUT2D eigenvalue weighted by Crippen LogP contribution is 2.23. The summed E-state index contributed by atoms with van der Waals surface area (Å²) < 4.78 is 4.53. The molecule has 0 aliphatic carbocycles. The molecule has 0 aromatic heterocycles. The molecule has 0 N–H and O–H groups in total. The fourth-order valence-electron chi connectivity index (χ4n) is 1.58. The highest BCUT2D eigenvalue weighted by molar-refractivity contribution is 5.89. The number of para-hydroxylation sites is 2. The van der Waals surface area contributed by atoms with E-state index in [1.807, 2.05) is 60.7 Å². The topological polar surface area (TPSA) is 29.5 Å². The van der Waals surface area contributed by atoms with Gasteiger partial charge in [0.05, 0.1) is 18.5 Å². The minimum absolute atomic E-state index is 0.558. The summed E-state index contributed by atoms with van der Waals surface area (Å²) in [5, 5.41) is 0. The predicted octanol–water partition coefficient (Wildman–Crippen LogP) is 2.96. The molecular formula is C16H13NO2. The summed E-state index contributed by atoms with van der Waals surface area (Å²) in [6, 6.07) is 22.1. The van der Waals surface area contributed by atoms with Gasteiger partial charge in [0.25, 0.3) is 0 Å². The highest BCUT2D eigenvalue weighted by atomic mass is 16.5. The second-order valence-electron chi connectivity index (χ2n) is 3.73. The first-order valence-electron chi connectivity index (χ1n) is 5.81. The van der Waals surface area contributed by atoms with Gasteiger partial charge in [0.1, 0.15) is 0 Å². The molecule has 2 aromatic rings. The number of benzene rings is 2. The molecule has 0 amide bonds. The summed E-state index contributed by atoms with van der Waals surface area (Å²) in [4.78, 5) is 12.9. The van der Waals surface area contributed by atoms with Crippen LogP contribution in [0.25, 0.3) is 0 Å². The zero-order valence-electron chi connectivity index (χ0n) is 10.5. The lowest BCUT2D eigenvalue weighted by atomic mass is 10.2. The van der Waals surface area contributed by atoms with Gasteiger partial charge in [-0.05, 0) is 24.3 Å². The van der Waals surface area contributed by atoms with E-state index in [-0.39, 0.29) is 0 Å². The number of hydrogen-bond acceptors (Lipinski definition) is 3. The van der Waals surface area contributed by atoms with Gasteiger partial charge in [-0.15, -0.1) is 0 Å². The van der Waals surface area contributed by atoms with Crippen LogP contribution in [0.3, 0.4) is 0 Å². The SMILES string of the molecule is COC(=O)C#CN(c1ccccc1)c1ccccc1. The quantitative estimate of drug-likeness (QED) is 0.467. The van der Waals surface area contributed by atoms with Gasteiger partial charge >= 0.3 is 5.97 Å². The van der Waals surface area contributed by atoms with E-state index in [0.29, 0.717) is 0 Å². The van der Waals surface area contributed by atoms with Crippen LogP contribution in [-0.2, 0) is 9.53 Å². The van der Waals surface area contributed by atoms with Crippen LogP contribution in [0.4, 0.5) is 11.4 Å². The Morgan fingerprint density at radius 1 is 0.947 bits per heavy atom. The lowest BCUT2D eigenvalue weighted by molar-refractivity contribution is -0.133. The van der Waals surface area contributed by atoms with E-state index in [9.17, 15) is 4.79 Å². The number of anilines is 2. The van der Waals surface area contributed by atoms with Crippen LogP contribution in [0, 0.1) is 12.0 Å². The fourth-order valence-corrected chi connectivity index (χ4v) is 1.58. The van der Waals surface area contributed by atoms with Crippen LogP contribution >= 0.6 is 0 Å². The number of hydrogen-bond donors (Lipinski definition) is 0. The lowest BCUT2D eigenvalue weighted by Gasteiger charge is -2.17. The molecule has 19 heavy (non-hydrogen) atoms. The summed E-state index contributed by atoms with van der Waals surface area (Å²) in [5.74, 6) is 1.89. The van der Waals surface area contributed by atoms with Crippen LogP contribution < -0.4 is 4.90 Å². The van der Waals surface area contributed by atoms with Crippen molar-refractivity contribution >= 4 is 17.3 Å². The summed E-state index contributed by atoms with van der Waals surface area (Å²) in [6.45, 7) is 0. The number of esters is 1. The van der Waals surface area contributed by atoms with Gasteiger partial charge in [-0.25, -0.2) is 4.79 Å². The summed E-state index contributed by atoms with van der Waals surface area (Å²) >= 11 is 0. The first-order chi connectivity index (χ1) is 9.31. The molecule has 0 saturated heterocycles. The van der Waals surface area contributed by atoms with Crippen LogP contribution in [0.5, 0.6) is 0 Å². The lowest BCUT2D eigenvalue weighted by Crippen LogP contribution is -2.10. The molecule has 0 radical (unpaired) electrons.